The molecular formula is C16H10ClF3N2O3. The molecule has 25 heavy (non-hydrogen) atoms. The van der Waals surface area contributed by atoms with Gasteiger partial charge in [0.2, 0.25) is 0 Å². The first-order chi connectivity index (χ1) is 11.7. The average molecular weight is 371 g/mol. The first kappa shape index (κ1) is 18.5. The number of aromatic nitrogens is 1. The number of esters is 1. The quantitative estimate of drug-likeness (QED) is 0.761. The molecule has 0 saturated carbocycles. The number of ether oxygens (including phenoxy) is 2. The Bertz CT molecular complexity index is 876. The fourth-order valence-corrected chi connectivity index (χ4v) is 2.45. The van der Waals surface area contributed by atoms with Gasteiger partial charge in [-0.1, -0.05) is 11.6 Å². The highest BCUT2D eigenvalue weighted by molar-refractivity contribution is 6.33. The molecule has 5 nitrogen and oxygen atoms in total. The molecular weight excluding hydrogens is 361 g/mol. The smallest absolute Gasteiger partial charge is 0.433 e. The zero-order chi connectivity index (χ0) is 18.8. The highest BCUT2D eigenvalue weighted by Gasteiger charge is 2.33. The highest BCUT2D eigenvalue weighted by atomic mass is 35.5. The van der Waals surface area contributed by atoms with Crippen LogP contribution in [0, 0.1) is 11.3 Å². The lowest BCUT2D eigenvalue weighted by Crippen LogP contribution is -2.09. The number of nitriles is 1. The van der Waals surface area contributed by atoms with Gasteiger partial charge in [0, 0.05) is 11.8 Å². The first-order valence-corrected chi connectivity index (χ1v) is 7.04. The van der Waals surface area contributed by atoms with Crippen LogP contribution in [-0.4, -0.2) is 25.2 Å². The van der Waals surface area contributed by atoms with Gasteiger partial charge in [-0.05, 0) is 23.8 Å². The predicted molar refractivity (Wildman–Crippen MR) is 82.3 cm³/mol. The van der Waals surface area contributed by atoms with E-state index in [0.717, 1.165) is 13.3 Å². The zero-order valence-corrected chi connectivity index (χ0v) is 13.7. The molecule has 0 bridgehead atoms. The highest BCUT2D eigenvalue weighted by Crippen LogP contribution is 2.37. The number of carbonyl (C=O) groups excluding carboxylic acids is 1. The summed E-state index contributed by atoms with van der Waals surface area (Å²) in [5.74, 6) is -0.699. The van der Waals surface area contributed by atoms with Gasteiger partial charge in [-0.2, -0.15) is 18.4 Å². The van der Waals surface area contributed by atoms with E-state index in [1.165, 1.54) is 19.2 Å². The number of alkyl halides is 3. The first-order valence-electron chi connectivity index (χ1n) is 6.66. The van der Waals surface area contributed by atoms with Crippen molar-refractivity contribution in [2.75, 3.05) is 14.2 Å². The second-order valence-electron chi connectivity index (χ2n) is 4.76. The Morgan fingerprint density at radius 2 is 1.96 bits per heavy atom. The van der Waals surface area contributed by atoms with Gasteiger partial charge in [-0.3, -0.25) is 4.98 Å². The van der Waals surface area contributed by atoms with Gasteiger partial charge < -0.3 is 9.47 Å². The number of benzene rings is 1. The molecule has 0 aliphatic rings. The van der Waals surface area contributed by atoms with E-state index in [1.807, 2.05) is 0 Å². The van der Waals surface area contributed by atoms with Crippen LogP contribution in [0.15, 0.2) is 24.4 Å². The minimum atomic E-state index is -4.68. The Hall–Kier alpha value is -2.79. The van der Waals surface area contributed by atoms with Gasteiger partial charge in [0.05, 0.1) is 30.9 Å². The van der Waals surface area contributed by atoms with Gasteiger partial charge in [-0.15, -0.1) is 0 Å². The molecule has 0 N–H and O–H groups in total. The van der Waals surface area contributed by atoms with Crippen molar-refractivity contribution >= 4 is 17.6 Å². The number of hydrogen-bond donors (Lipinski definition) is 0. The van der Waals surface area contributed by atoms with Crippen LogP contribution in [0.25, 0.3) is 11.1 Å². The maximum absolute atomic E-state index is 12.7. The van der Waals surface area contributed by atoms with E-state index in [-0.39, 0.29) is 33.0 Å². The van der Waals surface area contributed by atoms with Crippen LogP contribution >= 0.6 is 11.6 Å². The molecule has 0 atom stereocenters. The summed E-state index contributed by atoms with van der Waals surface area (Å²) < 4.78 is 47.9. The Morgan fingerprint density at radius 3 is 2.48 bits per heavy atom. The Labute approximate surface area is 145 Å². The molecule has 9 heteroatoms. The largest absolute Gasteiger partial charge is 0.494 e. The van der Waals surface area contributed by atoms with Crippen molar-refractivity contribution in [1.29, 1.82) is 5.26 Å². The monoisotopic (exact) mass is 370 g/mol. The summed E-state index contributed by atoms with van der Waals surface area (Å²) in [5.41, 5.74) is -1.18. The van der Waals surface area contributed by atoms with Gasteiger partial charge in [0.15, 0.2) is 5.75 Å². The summed E-state index contributed by atoms with van der Waals surface area (Å²) in [4.78, 5) is 15.2. The van der Waals surface area contributed by atoms with Gasteiger partial charge in [-0.25, -0.2) is 4.79 Å². The van der Waals surface area contributed by atoms with Gasteiger partial charge in [0.25, 0.3) is 0 Å². The van der Waals surface area contributed by atoms with Crippen molar-refractivity contribution < 1.29 is 27.4 Å². The van der Waals surface area contributed by atoms with Crippen molar-refractivity contribution in [3.63, 3.8) is 0 Å². The topological polar surface area (TPSA) is 72.2 Å². The summed E-state index contributed by atoms with van der Waals surface area (Å²) in [7, 11) is 2.45. The lowest BCUT2D eigenvalue weighted by atomic mass is 9.99. The summed E-state index contributed by atoms with van der Waals surface area (Å²) in [5, 5.41) is 9.20. The normalized spacial score (nSPS) is 10.9. The summed E-state index contributed by atoms with van der Waals surface area (Å²) in [6.07, 6.45) is -3.78. The SMILES string of the molecule is COC(=O)c1cc(-c2cnc(C(F)(F)F)cc2C#N)cc(Cl)c1OC. The second-order valence-corrected chi connectivity index (χ2v) is 5.16. The molecule has 0 saturated heterocycles. The molecule has 1 aromatic heterocycles. The molecule has 0 spiro atoms. The molecule has 0 amide bonds. The Kier molecular flexibility index (Phi) is 5.18. The van der Waals surface area contributed by atoms with E-state index in [4.69, 9.17) is 16.3 Å². The molecule has 0 fully saturated rings. The fraction of sp³-hybridized carbons (Fsp3) is 0.188. The van der Waals surface area contributed by atoms with Crippen molar-refractivity contribution in [2.24, 2.45) is 0 Å². The molecule has 2 rings (SSSR count). The van der Waals surface area contributed by atoms with Crippen LogP contribution < -0.4 is 4.74 Å². The van der Waals surface area contributed by atoms with E-state index < -0.39 is 17.8 Å². The van der Waals surface area contributed by atoms with E-state index in [2.05, 4.69) is 9.72 Å². The molecule has 0 radical (unpaired) electrons. The maximum Gasteiger partial charge on any atom is 0.433 e. The number of pyridine rings is 1. The Balaban J connectivity index is 2.69. The molecule has 1 heterocycles. The van der Waals surface area contributed by atoms with Crippen molar-refractivity contribution in [3.8, 4) is 22.9 Å². The average Bonchev–Trinajstić information content (AvgIpc) is 2.58. The third kappa shape index (κ3) is 3.67. The lowest BCUT2D eigenvalue weighted by molar-refractivity contribution is -0.141. The fourth-order valence-electron chi connectivity index (χ4n) is 2.15. The molecule has 0 aliphatic carbocycles. The van der Waals surface area contributed by atoms with Gasteiger partial charge >= 0.3 is 12.1 Å². The molecule has 130 valence electrons. The number of nitrogens with zero attached hydrogens (tertiary/aromatic N) is 2. The summed E-state index contributed by atoms with van der Waals surface area (Å²) in [6.45, 7) is 0. The molecule has 2 aromatic rings. The van der Waals surface area contributed by atoms with Gasteiger partial charge in [0.1, 0.15) is 11.3 Å². The number of carbonyl (C=O) groups is 1. The predicted octanol–water partition coefficient (Wildman–Crippen LogP) is 4.09. The number of methoxy groups -OCH3 is 2. The third-order valence-corrected chi connectivity index (χ3v) is 3.56. The van der Waals surface area contributed by atoms with Crippen molar-refractivity contribution in [1.82, 2.24) is 4.98 Å². The van der Waals surface area contributed by atoms with Crippen LogP contribution in [0.3, 0.4) is 0 Å². The van der Waals surface area contributed by atoms with E-state index in [1.54, 1.807) is 6.07 Å². The zero-order valence-electron chi connectivity index (χ0n) is 12.9. The number of halogens is 4. The molecule has 0 aliphatic heterocycles. The number of hydrogen-bond acceptors (Lipinski definition) is 5. The third-order valence-electron chi connectivity index (χ3n) is 3.28. The standard InChI is InChI=1S/C16H10ClF3N2O3/c1-24-14-10(15(23)25-2)3-8(4-12(14)17)11-7-22-13(16(18,19)20)5-9(11)6-21/h3-5,7H,1-2H3. The number of rotatable bonds is 3. The molecule has 0 unspecified atom stereocenters. The van der Waals surface area contributed by atoms with Crippen LogP contribution in [0.4, 0.5) is 13.2 Å². The van der Waals surface area contributed by atoms with E-state index in [0.29, 0.717) is 6.07 Å². The van der Waals surface area contributed by atoms with Crippen LogP contribution in [-0.2, 0) is 10.9 Å². The van der Waals surface area contributed by atoms with Crippen LogP contribution in [0.2, 0.25) is 5.02 Å². The minimum Gasteiger partial charge on any atom is -0.494 e. The van der Waals surface area contributed by atoms with E-state index in [9.17, 15) is 23.2 Å². The lowest BCUT2D eigenvalue weighted by Gasteiger charge is -2.13. The minimum absolute atomic E-state index is 0.0312. The summed E-state index contributed by atoms with van der Waals surface area (Å²) in [6, 6.07) is 4.98. The van der Waals surface area contributed by atoms with Crippen LogP contribution in [0.1, 0.15) is 21.6 Å². The van der Waals surface area contributed by atoms with Crippen molar-refractivity contribution in [3.05, 3.63) is 46.2 Å². The van der Waals surface area contributed by atoms with E-state index >= 15 is 0 Å². The Morgan fingerprint density at radius 1 is 1.28 bits per heavy atom. The molecule has 1 aromatic carbocycles. The maximum atomic E-state index is 12.7. The van der Waals surface area contributed by atoms with Crippen LogP contribution in [0.5, 0.6) is 5.75 Å². The summed E-state index contributed by atoms with van der Waals surface area (Å²) >= 11 is 6.07. The second kappa shape index (κ2) is 6.99. The van der Waals surface area contributed by atoms with Crippen molar-refractivity contribution in [2.45, 2.75) is 6.18 Å².